The molecule has 0 fully saturated rings. The summed E-state index contributed by atoms with van der Waals surface area (Å²) in [6.07, 6.45) is 1.13. The fourth-order valence-corrected chi connectivity index (χ4v) is 1.21. The molecule has 0 amide bonds. The Bertz CT molecular complexity index is 455. The summed E-state index contributed by atoms with van der Waals surface area (Å²) in [6.45, 7) is -0.395. The molecule has 0 spiro atoms. The zero-order valence-corrected chi connectivity index (χ0v) is 10.4. The molecule has 6 nitrogen and oxygen atoms in total. The van der Waals surface area contributed by atoms with Crippen LogP contribution in [0, 0.1) is 0 Å². The first kappa shape index (κ1) is 14.6. The molecule has 0 saturated heterocycles. The highest BCUT2D eigenvalue weighted by molar-refractivity contribution is 5.82. The lowest BCUT2D eigenvalue weighted by Crippen LogP contribution is -2.35. The molecular formula is C13H14NO5-. The van der Waals surface area contributed by atoms with Crippen LogP contribution in [0.25, 0.3) is 0 Å². The van der Waals surface area contributed by atoms with Crippen LogP contribution in [-0.4, -0.2) is 32.2 Å². The first-order valence-electron chi connectivity index (χ1n) is 5.52. The van der Waals surface area contributed by atoms with Gasteiger partial charge in [0.15, 0.2) is 0 Å². The highest BCUT2D eigenvalue weighted by Crippen LogP contribution is 2.09. The number of para-hydroxylation sites is 1. The Balaban J connectivity index is 2.61. The summed E-state index contributed by atoms with van der Waals surface area (Å²) >= 11 is 0. The smallest absolute Gasteiger partial charge is 0.332 e. The van der Waals surface area contributed by atoms with Crippen molar-refractivity contribution in [2.75, 3.05) is 20.3 Å². The molecule has 0 aromatic heterocycles. The molecule has 1 aromatic carbocycles. The van der Waals surface area contributed by atoms with E-state index in [9.17, 15) is 14.7 Å². The number of rotatable bonds is 7. The summed E-state index contributed by atoms with van der Waals surface area (Å²) in [5, 5.41) is 12.9. The molecule has 19 heavy (non-hydrogen) atoms. The second-order valence-electron chi connectivity index (χ2n) is 3.52. The van der Waals surface area contributed by atoms with Crippen LogP contribution >= 0.6 is 0 Å². The molecule has 0 aliphatic rings. The van der Waals surface area contributed by atoms with Crippen molar-refractivity contribution in [2.24, 2.45) is 0 Å². The van der Waals surface area contributed by atoms with E-state index in [1.165, 1.54) is 7.11 Å². The van der Waals surface area contributed by atoms with Gasteiger partial charge in [0.2, 0.25) is 0 Å². The van der Waals surface area contributed by atoms with Gasteiger partial charge < -0.3 is 24.7 Å². The van der Waals surface area contributed by atoms with Gasteiger partial charge in [-0.15, -0.1) is 0 Å². The summed E-state index contributed by atoms with van der Waals surface area (Å²) in [4.78, 5) is 21.5. The number of hydrogen-bond donors (Lipinski definition) is 1. The van der Waals surface area contributed by atoms with Crippen LogP contribution < -0.4 is 15.2 Å². The fourth-order valence-electron chi connectivity index (χ4n) is 1.21. The van der Waals surface area contributed by atoms with Crippen LogP contribution in [0.4, 0.5) is 0 Å². The lowest BCUT2D eigenvalue weighted by atomic mass is 10.3. The van der Waals surface area contributed by atoms with Crippen LogP contribution in [0.2, 0.25) is 0 Å². The molecule has 0 saturated carbocycles. The van der Waals surface area contributed by atoms with Crippen LogP contribution in [0.1, 0.15) is 0 Å². The Morgan fingerprint density at radius 2 is 2.00 bits per heavy atom. The van der Waals surface area contributed by atoms with E-state index in [1.807, 2.05) is 6.07 Å². The molecule has 0 aliphatic heterocycles. The average molecular weight is 264 g/mol. The SMILES string of the molecule is COC(=O)/C=C(/COc1ccccc1)NCC(=O)[O-]. The molecule has 1 N–H and O–H groups in total. The summed E-state index contributed by atoms with van der Waals surface area (Å²) in [6, 6.07) is 8.93. The summed E-state index contributed by atoms with van der Waals surface area (Å²) in [7, 11) is 1.23. The topological polar surface area (TPSA) is 87.7 Å². The molecule has 6 heteroatoms. The predicted octanol–water partition coefficient (Wildman–Crippen LogP) is -0.538. The Hall–Kier alpha value is -2.50. The van der Waals surface area contributed by atoms with Crippen molar-refractivity contribution in [1.82, 2.24) is 5.32 Å². The minimum atomic E-state index is -1.28. The first-order chi connectivity index (χ1) is 9.11. The summed E-state index contributed by atoms with van der Waals surface area (Å²) in [5.74, 6) is -1.28. The van der Waals surface area contributed by atoms with E-state index in [1.54, 1.807) is 24.3 Å². The predicted molar refractivity (Wildman–Crippen MR) is 65.0 cm³/mol. The zero-order chi connectivity index (χ0) is 14.1. The highest BCUT2D eigenvalue weighted by Gasteiger charge is 2.03. The van der Waals surface area contributed by atoms with Crippen LogP contribution in [0.5, 0.6) is 5.75 Å². The van der Waals surface area contributed by atoms with Crippen molar-refractivity contribution in [3.63, 3.8) is 0 Å². The maximum Gasteiger partial charge on any atom is 0.332 e. The third-order valence-corrected chi connectivity index (χ3v) is 2.09. The summed E-state index contributed by atoms with van der Waals surface area (Å²) in [5.41, 5.74) is 0.292. The molecule has 0 radical (unpaired) electrons. The van der Waals surface area contributed by atoms with E-state index in [-0.39, 0.29) is 6.61 Å². The largest absolute Gasteiger partial charge is 0.548 e. The van der Waals surface area contributed by atoms with Crippen molar-refractivity contribution < 1.29 is 24.2 Å². The second kappa shape index (κ2) is 7.75. The molecule has 0 heterocycles. The van der Waals surface area contributed by atoms with Gasteiger partial charge in [0.05, 0.1) is 25.3 Å². The number of carbonyl (C=O) groups excluding carboxylic acids is 2. The van der Waals surface area contributed by atoms with E-state index in [0.717, 1.165) is 6.08 Å². The Labute approximate surface area is 110 Å². The van der Waals surface area contributed by atoms with Crippen LogP contribution in [0.15, 0.2) is 42.1 Å². The van der Waals surface area contributed by atoms with E-state index >= 15 is 0 Å². The van der Waals surface area contributed by atoms with Gasteiger partial charge in [-0.25, -0.2) is 4.79 Å². The number of hydrogen-bond acceptors (Lipinski definition) is 6. The molecule has 0 atom stereocenters. The Morgan fingerprint density at radius 1 is 1.32 bits per heavy atom. The van der Waals surface area contributed by atoms with Crippen LogP contribution in [0.3, 0.4) is 0 Å². The average Bonchev–Trinajstić information content (AvgIpc) is 2.42. The molecule has 1 aromatic rings. The number of methoxy groups -OCH3 is 1. The number of carbonyl (C=O) groups is 2. The lowest BCUT2D eigenvalue weighted by molar-refractivity contribution is -0.303. The maximum absolute atomic E-state index is 11.1. The molecule has 1 rings (SSSR count). The Morgan fingerprint density at radius 3 is 2.58 bits per heavy atom. The number of esters is 1. The standard InChI is InChI=1S/C13H15NO5/c1-18-13(17)7-10(14-8-12(15)16)9-19-11-5-3-2-4-6-11/h2-7,14H,8-9H2,1H3,(H,15,16)/p-1/b10-7-. The molecule has 0 aliphatic carbocycles. The van der Waals surface area contributed by atoms with E-state index in [2.05, 4.69) is 10.1 Å². The maximum atomic E-state index is 11.1. The molecule has 102 valence electrons. The minimum Gasteiger partial charge on any atom is -0.548 e. The second-order valence-corrected chi connectivity index (χ2v) is 3.52. The molecule has 0 bridgehead atoms. The quantitative estimate of drug-likeness (QED) is 0.526. The van der Waals surface area contributed by atoms with Gasteiger partial charge in [-0.05, 0) is 12.1 Å². The van der Waals surface area contributed by atoms with E-state index in [0.29, 0.717) is 11.4 Å². The summed E-state index contributed by atoms with van der Waals surface area (Å²) < 4.78 is 9.86. The van der Waals surface area contributed by atoms with Gasteiger partial charge in [-0.2, -0.15) is 0 Å². The number of carboxylic acids is 1. The van der Waals surface area contributed by atoms with Gasteiger partial charge in [0.25, 0.3) is 0 Å². The minimum absolute atomic E-state index is 0.0202. The number of nitrogens with one attached hydrogen (secondary N) is 1. The molecule has 0 unspecified atom stereocenters. The van der Waals surface area contributed by atoms with Crippen molar-refractivity contribution in [1.29, 1.82) is 0 Å². The van der Waals surface area contributed by atoms with Gasteiger partial charge in [-0.1, -0.05) is 18.2 Å². The zero-order valence-electron chi connectivity index (χ0n) is 10.4. The van der Waals surface area contributed by atoms with E-state index in [4.69, 9.17) is 4.74 Å². The monoisotopic (exact) mass is 264 g/mol. The number of carboxylic acid groups (broad SMARTS) is 1. The van der Waals surface area contributed by atoms with Crippen molar-refractivity contribution in [3.05, 3.63) is 42.1 Å². The lowest BCUT2D eigenvalue weighted by Gasteiger charge is -2.12. The Kier molecular flexibility index (Phi) is 5.94. The first-order valence-corrected chi connectivity index (χ1v) is 5.52. The van der Waals surface area contributed by atoms with Crippen molar-refractivity contribution in [2.45, 2.75) is 0 Å². The van der Waals surface area contributed by atoms with Crippen molar-refractivity contribution in [3.8, 4) is 5.75 Å². The van der Waals surface area contributed by atoms with Gasteiger partial charge in [0.1, 0.15) is 12.4 Å². The van der Waals surface area contributed by atoms with Gasteiger partial charge in [0, 0.05) is 6.08 Å². The van der Waals surface area contributed by atoms with E-state index < -0.39 is 18.5 Å². The third-order valence-electron chi connectivity index (χ3n) is 2.09. The number of aliphatic carboxylic acids is 1. The normalized spacial score (nSPS) is 10.7. The third kappa shape index (κ3) is 6.11. The van der Waals surface area contributed by atoms with Gasteiger partial charge >= 0.3 is 5.97 Å². The fraction of sp³-hybridized carbons (Fsp3) is 0.231. The van der Waals surface area contributed by atoms with Crippen molar-refractivity contribution >= 4 is 11.9 Å². The van der Waals surface area contributed by atoms with Gasteiger partial charge in [-0.3, -0.25) is 0 Å². The number of benzene rings is 1. The van der Waals surface area contributed by atoms with Crippen LogP contribution in [-0.2, 0) is 14.3 Å². The molecular weight excluding hydrogens is 250 g/mol. The highest BCUT2D eigenvalue weighted by atomic mass is 16.5. The number of ether oxygens (including phenoxy) is 2.